The first-order valence-corrected chi connectivity index (χ1v) is 8.43. The lowest BCUT2D eigenvalue weighted by molar-refractivity contribution is -0.116. The maximum absolute atomic E-state index is 11.3. The quantitative estimate of drug-likeness (QED) is 0.795. The third-order valence-corrected chi connectivity index (χ3v) is 4.28. The SMILES string of the molecule is CN(CCS(C)(=O)=O)c1cc2c(cc1N)NC(=O)CC2. The summed E-state index contributed by atoms with van der Waals surface area (Å²) in [6, 6.07) is 3.66. The third kappa shape index (κ3) is 3.41. The Morgan fingerprint density at radius 3 is 2.70 bits per heavy atom. The zero-order valence-electron chi connectivity index (χ0n) is 11.6. The van der Waals surface area contributed by atoms with Crippen LogP contribution in [-0.4, -0.2) is 39.9 Å². The highest BCUT2D eigenvalue weighted by Gasteiger charge is 2.18. The smallest absolute Gasteiger partial charge is 0.224 e. The van der Waals surface area contributed by atoms with Gasteiger partial charge in [0.05, 0.1) is 17.1 Å². The molecule has 1 aromatic carbocycles. The number of nitrogens with one attached hydrogen (secondary N) is 1. The van der Waals surface area contributed by atoms with Gasteiger partial charge in [-0.1, -0.05) is 0 Å². The lowest BCUT2D eigenvalue weighted by Crippen LogP contribution is -2.26. The molecule has 1 aliphatic rings. The number of carbonyl (C=O) groups excluding carboxylic acids is 1. The van der Waals surface area contributed by atoms with Crippen LogP contribution in [0.15, 0.2) is 12.1 Å². The summed E-state index contributed by atoms with van der Waals surface area (Å²) in [7, 11) is -1.19. The molecule has 20 heavy (non-hydrogen) atoms. The van der Waals surface area contributed by atoms with Crippen LogP contribution in [0.5, 0.6) is 0 Å². The molecule has 3 N–H and O–H groups in total. The van der Waals surface area contributed by atoms with E-state index in [-0.39, 0.29) is 11.7 Å². The summed E-state index contributed by atoms with van der Waals surface area (Å²) in [5, 5.41) is 2.79. The molecule has 1 aliphatic heterocycles. The van der Waals surface area contributed by atoms with Crippen LogP contribution < -0.4 is 16.0 Å². The molecule has 0 atom stereocenters. The first kappa shape index (κ1) is 14.6. The number of sulfone groups is 1. The Morgan fingerprint density at radius 2 is 2.05 bits per heavy atom. The van der Waals surface area contributed by atoms with E-state index in [9.17, 15) is 13.2 Å². The summed E-state index contributed by atoms with van der Waals surface area (Å²) in [5.74, 6) is 0.0756. The number of aryl methyl sites for hydroxylation is 1. The maximum atomic E-state index is 11.3. The van der Waals surface area contributed by atoms with Crippen LogP contribution in [0.25, 0.3) is 0 Å². The lowest BCUT2D eigenvalue weighted by atomic mass is 10.0. The van der Waals surface area contributed by atoms with E-state index < -0.39 is 9.84 Å². The number of amides is 1. The van der Waals surface area contributed by atoms with E-state index in [1.807, 2.05) is 18.0 Å². The molecule has 110 valence electrons. The van der Waals surface area contributed by atoms with Crippen molar-refractivity contribution in [2.24, 2.45) is 0 Å². The van der Waals surface area contributed by atoms with Crippen molar-refractivity contribution in [3.63, 3.8) is 0 Å². The zero-order valence-corrected chi connectivity index (χ0v) is 12.5. The van der Waals surface area contributed by atoms with Gasteiger partial charge in [0, 0.05) is 32.0 Å². The Labute approximate surface area is 118 Å². The molecular weight excluding hydrogens is 278 g/mol. The van der Waals surface area contributed by atoms with Crippen LogP contribution in [-0.2, 0) is 21.1 Å². The molecular formula is C13H19N3O3S. The molecule has 0 aromatic heterocycles. The molecule has 1 amide bonds. The van der Waals surface area contributed by atoms with Gasteiger partial charge in [0.1, 0.15) is 9.84 Å². The number of hydrogen-bond donors (Lipinski definition) is 2. The normalized spacial score (nSPS) is 14.6. The Balaban J connectivity index is 2.22. The number of nitrogens with zero attached hydrogens (tertiary/aromatic N) is 1. The molecule has 0 radical (unpaired) electrons. The maximum Gasteiger partial charge on any atom is 0.224 e. The van der Waals surface area contributed by atoms with E-state index in [1.165, 1.54) is 6.26 Å². The van der Waals surface area contributed by atoms with E-state index in [4.69, 9.17) is 5.73 Å². The van der Waals surface area contributed by atoms with Gasteiger partial charge in [-0.3, -0.25) is 4.79 Å². The molecule has 0 unspecified atom stereocenters. The Hall–Kier alpha value is -1.76. The van der Waals surface area contributed by atoms with Crippen LogP contribution in [0.2, 0.25) is 0 Å². The number of hydrogen-bond acceptors (Lipinski definition) is 5. The Kier molecular flexibility index (Phi) is 3.89. The van der Waals surface area contributed by atoms with E-state index >= 15 is 0 Å². The minimum absolute atomic E-state index is 0.00455. The van der Waals surface area contributed by atoms with Crippen molar-refractivity contribution in [1.82, 2.24) is 0 Å². The van der Waals surface area contributed by atoms with Crippen molar-refractivity contribution in [2.45, 2.75) is 12.8 Å². The van der Waals surface area contributed by atoms with Crippen molar-refractivity contribution in [3.8, 4) is 0 Å². The molecule has 0 spiro atoms. The summed E-state index contributed by atoms with van der Waals surface area (Å²) < 4.78 is 22.4. The minimum Gasteiger partial charge on any atom is -0.397 e. The third-order valence-electron chi connectivity index (χ3n) is 3.36. The highest BCUT2D eigenvalue weighted by Crippen LogP contribution is 2.32. The summed E-state index contributed by atoms with van der Waals surface area (Å²) in [6.45, 7) is 0.383. The monoisotopic (exact) mass is 297 g/mol. The summed E-state index contributed by atoms with van der Waals surface area (Å²) in [6.07, 6.45) is 2.35. The van der Waals surface area contributed by atoms with Crippen LogP contribution in [0.3, 0.4) is 0 Å². The van der Waals surface area contributed by atoms with E-state index in [2.05, 4.69) is 5.32 Å². The van der Waals surface area contributed by atoms with E-state index in [0.29, 0.717) is 25.1 Å². The van der Waals surface area contributed by atoms with Gasteiger partial charge in [-0.2, -0.15) is 0 Å². The second-order valence-electron chi connectivity index (χ2n) is 5.17. The van der Waals surface area contributed by atoms with Crippen molar-refractivity contribution in [2.75, 3.05) is 41.6 Å². The number of fused-ring (bicyclic) bond motifs is 1. The van der Waals surface area contributed by atoms with Crippen LogP contribution in [0.4, 0.5) is 17.1 Å². The van der Waals surface area contributed by atoms with Gasteiger partial charge in [0.15, 0.2) is 0 Å². The van der Waals surface area contributed by atoms with Crippen LogP contribution in [0.1, 0.15) is 12.0 Å². The molecule has 1 aromatic rings. The van der Waals surface area contributed by atoms with Crippen LogP contribution >= 0.6 is 0 Å². The number of rotatable bonds is 4. The summed E-state index contributed by atoms with van der Waals surface area (Å²) in [4.78, 5) is 13.2. The van der Waals surface area contributed by atoms with Gasteiger partial charge in [-0.15, -0.1) is 0 Å². The Bertz CT molecular complexity index is 641. The van der Waals surface area contributed by atoms with E-state index in [1.54, 1.807) is 6.07 Å². The number of anilines is 3. The van der Waals surface area contributed by atoms with Gasteiger partial charge < -0.3 is 16.0 Å². The molecule has 2 rings (SSSR count). The fourth-order valence-corrected chi connectivity index (χ4v) is 2.79. The second-order valence-corrected chi connectivity index (χ2v) is 7.43. The number of carbonyl (C=O) groups is 1. The molecule has 6 nitrogen and oxygen atoms in total. The highest BCUT2D eigenvalue weighted by molar-refractivity contribution is 7.90. The number of nitrogens with two attached hydrogens (primary N) is 1. The van der Waals surface area contributed by atoms with E-state index in [0.717, 1.165) is 16.9 Å². The average molecular weight is 297 g/mol. The second kappa shape index (κ2) is 5.32. The van der Waals surface area contributed by atoms with Gasteiger partial charge in [-0.25, -0.2) is 8.42 Å². The number of nitrogen functional groups attached to an aromatic ring is 1. The molecule has 0 fully saturated rings. The van der Waals surface area contributed by atoms with Gasteiger partial charge in [-0.05, 0) is 24.1 Å². The predicted molar refractivity (Wildman–Crippen MR) is 80.8 cm³/mol. The molecule has 0 saturated heterocycles. The number of benzene rings is 1. The molecule has 1 heterocycles. The fraction of sp³-hybridized carbons (Fsp3) is 0.462. The van der Waals surface area contributed by atoms with Gasteiger partial charge >= 0.3 is 0 Å². The first-order valence-electron chi connectivity index (χ1n) is 6.37. The molecule has 0 aliphatic carbocycles. The summed E-state index contributed by atoms with van der Waals surface area (Å²) in [5.41, 5.74) is 9.09. The predicted octanol–water partition coefficient (Wildman–Crippen LogP) is 0.634. The largest absolute Gasteiger partial charge is 0.397 e. The lowest BCUT2D eigenvalue weighted by Gasteiger charge is -2.24. The fourth-order valence-electron chi connectivity index (χ4n) is 2.19. The van der Waals surface area contributed by atoms with Crippen molar-refractivity contribution in [1.29, 1.82) is 0 Å². The first-order chi connectivity index (χ1) is 9.26. The standard InChI is InChI=1S/C13H19N3O3S/c1-16(5-6-20(2,18)19)12-7-9-3-4-13(17)15-11(9)8-10(12)14/h7-8H,3-6,14H2,1-2H3,(H,15,17). The molecule has 0 saturated carbocycles. The highest BCUT2D eigenvalue weighted by atomic mass is 32.2. The summed E-state index contributed by atoms with van der Waals surface area (Å²) >= 11 is 0. The topological polar surface area (TPSA) is 92.5 Å². The average Bonchev–Trinajstić information content (AvgIpc) is 2.34. The van der Waals surface area contributed by atoms with Gasteiger partial charge in [0.2, 0.25) is 5.91 Å². The zero-order chi connectivity index (χ0) is 14.9. The molecule has 0 bridgehead atoms. The minimum atomic E-state index is -3.00. The van der Waals surface area contributed by atoms with Gasteiger partial charge in [0.25, 0.3) is 0 Å². The van der Waals surface area contributed by atoms with Crippen molar-refractivity contribution in [3.05, 3.63) is 17.7 Å². The van der Waals surface area contributed by atoms with Crippen molar-refractivity contribution >= 4 is 32.8 Å². The van der Waals surface area contributed by atoms with Crippen LogP contribution in [0, 0.1) is 0 Å². The van der Waals surface area contributed by atoms with Crippen molar-refractivity contribution < 1.29 is 13.2 Å². The molecule has 7 heteroatoms. The Morgan fingerprint density at radius 1 is 1.35 bits per heavy atom.